The van der Waals surface area contributed by atoms with Crippen LogP contribution in [0.1, 0.15) is 16.7 Å². The summed E-state index contributed by atoms with van der Waals surface area (Å²) >= 11 is 0. The molecule has 0 spiro atoms. The lowest BCUT2D eigenvalue weighted by molar-refractivity contribution is -0.308. The van der Waals surface area contributed by atoms with Gasteiger partial charge in [-0.2, -0.15) is 0 Å². The van der Waals surface area contributed by atoms with Gasteiger partial charge in [-0.3, -0.25) is 0 Å². The highest BCUT2D eigenvalue weighted by Crippen LogP contribution is 2.29. The van der Waals surface area contributed by atoms with Crippen LogP contribution in [0.3, 0.4) is 0 Å². The molecule has 0 bridgehead atoms. The van der Waals surface area contributed by atoms with Crippen molar-refractivity contribution in [3.63, 3.8) is 0 Å². The second kappa shape index (κ2) is 11.9. The Morgan fingerprint density at radius 2 is 1.03 bits per heavy atom. The van der Waals surface area contributed by atoms with Gasteiger partial charge >= 0.3 is 5.97 Å². The number of hydrogen-bond donors (Lipinski definition) is 2. The first kappa shape index (κ1) is 24.1. The first-order valence-corrected chi connectivity index (χ1v) is 11.1. The summed E-state index contributed by atoms with van der Waals surface area (Å²) in [6.45, 7) is 0.548. The SMILES string of the molecule is O=C(O)[C@@H]1O[C@H](O)[C@H](OCc2ccccc2)[C@@H](OCc2ccccc2)[C@@H]1OCc1ccccc1. The highest BCUT2D eigenvalue weighted by atomic mass is 16.7. The van der Waals surface area contributed by atoms with E-state index in [0.717, 1.165) is 16.7 Å². The number of aliphatic hydroxyl groups excluding tert-OH is 1. The van der Waals surface area contributed by atoms with Gasteiger partial charge in [-0.1, -0.05) is 91.0 Å². The molecule has 7 heteroatoms. The molecule has 7 nitrogen and oxygen atoms in total. The van der Waals surface area contributed by atoms with Gasteiger partial charge in [0.05, 0.1) is 19.8 Å². The van der Waals surface area contributed by atoms with Crippen LogP contribution in [-0.4, -0.2) is 46.9 Å². The molecule has 5 atom stereocenters. The maximum Gasteiger partial charge on any atom is 0.335 e. The van der Waals surface area contributed by atoms with E-state index < -0.39 is 36.7 Å². The molecule has 4 rings (SSSR count). The number of carboxylic acid groups (broad SMARTS) is 1. The molecule has 0 amide bonds. The number of hydrogen-bond acceptors (Lipinski definition) is 6. The fourth-order valence-corrected chi connectivity index (χ4v) is 3.87. The van der Waals surface area contributed by atoms with Crippen molar-refractivity contribution in [3.8, 4) is 0 Å². The average Bonchev–Trinajstić information content (AvgIpc) is 2.87. The Labute approximate surface area is 198 Å². The number of benzene rings is 3. The van der Waals surface area contributed by atoms with Gasteiger partial charge < -0.3 is 29.2 Å². The third-order valence-electron chi connectivity index (χ3n) is 5.61. The van der Waals surface area contributed by atoms with Gasteiger partial charge in [0.25, 0.3) is 0 Å². The highest BCUT2D eigenvalue weighted by molar-refractivity contribution is 5.73. The van der Waals surface area contributed by atoms with Gasteiger partial charge in [0.1, 0.15) is 18.3 Å². The normalized spacial score (nSPS) is 24.6. The second-order valence-corrected chi connectivity index (χ2v) is 8.07. The molecule has 34 heavy (non-hydrogen) atoms. The predicted octanol–water partition coefficient (Wildman–Crippen LogP) is 3.54. The fourth-order valence-electron chi connectivity index (χ4n) is 3.87. The molecule has 0 aromatic heterocycles. The minimum absolute atomic E-state index is 0.158. The zero-order valence-corrected chi connectivity index (χ0v) is 18.6. The van der Waals surface area contributed by atoms with Crippen LogP contribution in [-0.2, 0) is 43.6 Å². The van der Waals surface area contributed by atoms with Gasteiger partial charge in [-0.15, -0.1) is 0 Å². The molecular formula is C27H28O7. The monoisotopic (exact) mass is 464 g/mol. The van der Waals surface area contributed by atoms with E-state index in [1.165, 1.54) is 0 Å². The summed E-state index contributed by atoms with van der Waals surface area (Å²) in [6.07, 6.45) is -5.78. The number of carboxylic acids is 1. The quantitative estimate of drug-likeness (QED) is 0.474. The molecule has 1 aliphatic rings. The third-order valence-corrected chi connectivity index (χ3v) is 5.61. The number of aliphatic carboxylic acids is 1. The smallest absolute Gasteiger partial charge is 0.335 e. The lowest BCUT2D eigenvalue weighted by atomic mass is 9.97. The third kappa shape index (κ3) is 6.28. The van der Waals surface area contributed by atoms with Crippen molar-refractivity contribution >= 4 is 5.97 Å². The largest absolute Gasteiger partial charge is 0.479 e. The topological polar surface area (TPSA) is 94.5 Å². The molecule has 3 aromatic rings. The molecule has 1 aliphatic heterocycles. The van der Waals surface area contributed by atoms with Crippen LogP contribution in [0.15, 0.2) is 91.0 Å². The van der Waals surface area contributed by atoms with Crippen molar-refractivity contribution in [1.29, 1.82) is 0 Å². The summed E-state index contributed by atoms with van der Waals surface area (Å²) in [5.41, 5.74) is 2.68. The molecular weight excluding hydrogens is 436 g/mol. The van der Waals surface area contributed by atoms with Crippen molar-refractivity contribution in [2.24, 2.45) is 0 Å². The van der Waals surface area contributed by atoms with Crippen molar-refractivity contribution < 1.29 is 34.0 Å². The van der Waals surface area contributed by atoms with Crippen LogP contribution in [0.2, 0.25) is 0 Å². The van der Waals surface area contributed by atoms with E-state index in [1.54, 1.807) is 0 Å². The van der Waals surface area contributed by atoms with Crippen molar-refractivity contribution in [3.05, 3.63) is 108 Å². The van der Waals surface area contributed by atoms with E-state index in [0.29, 0.717) is 0 Å². The Hall–Kier alpha value is -3.07. The molecule has 1 saturated heterocycles. The summed E-state index contributed by atoms with van der Waals surface area (Å²) in [4.78, 5) is 12.0. The summed E-state index contributed by atoms with van der Waals surface area (Å²) in [7, 11) is 0. The van der Waals surface area contributed by atoms with Crippen LogP contribution < -0.4 is 0 Å². The first-order chi connectivity index (χ1) is 16.6. The van der Waals surface area contributed by atoms with Crippen LogP contribution in [0, 0.1) is 0 Å². The zero-order chi connectivity index (χ0) is 23.8. The Kier molecular flexibility index (Phi) is 8.41. The highest BCUT2D eigenvalue weighted by Gasteiger charge is 2.50. The van der Waals surface area contributed by atoms with Crippen molar-refractivity contribution in [2.45, 2.75) is 50.5 Å². The van der Waals surface area contributed by atoms with E-state index in [2.05, 4.69) is 0 Å². The standard InChI is InChI=1S/C27H28O7/c28-26(29)24-22(31-16-19-10-4-1-5-11-19)23(32-17-20-12-6-2-7-13-20)25(27(30)34-24)33-18-21-14-8-3-9-15-21/h1-15,22-25,27,30H,16-18H2,(H,28,29)/t22-,23-,24+,25+,27-/m0/s1. The lowest BCUT2D eigenvalue weighted by Gasteiger charge is -2.43. The maximum atomic E-state index is 12.0. The summed E-state index contributed by atoms with van der Waals surface area (Å²) in [5, 5.41) is 20.5. The van der Waals surface area contributed by atoms with Crippen LogP contribution in [0.5, 0.6) is 0 Å². The summed E-state index contributed by atoms with van der Waals surface area (Å²) in [6, 6.07) is 28.4. The summed E-state index contributed by atoms with van der Waals surface area (Å²) < 4.78 is 23.7. The Balaban J connectivity index is 1.57. The van der Waals surface area contributed by atoms with E-state index in [1.807, 2.05) is 91.0 Å². The van der Waals surface area contributed by atoms with Gasteiger partial charge in [0, 0.05) is 0 Å². The van der Waals surface area contributed by atoms with Crippen LogP contribution in [0.25, 0.3) is 0 Å². The Morgan fingerprint density at radius 1 is 0.647 bits per heavy atom. The van der Waals surface area contributed by atoms with Gasteiger partial charge in [-0.05, 0) is 16.7 Å². The van der Waals surface area contributed by atoms with Crippen molar-refractivity contribution in [2.75, 3.05) is 0 Å². The molecule has 0 unspecified atom stereocenters. The minimum Gasteiger partial charge on any atom is -0.479 e. The number of aliphatic hydroxyl groups is 1. The molecule has 0 radical (unpaired) electrons. The molecule has 1 fully saturated rings. The minimum atomic E-state index is -1.50. The average molecular weight is 465 g/mol. The van der Waals surface area contributed by atoms with E-state index in [9.17, 15) is 15.0 Å². The second-order valence-electron chi connectivity index (χ2n) is 8.07. The lowest BCUT2D eigenvalue weighted by Crippen LogP contribution is -2.62. The Bertz CT molecular complexity index is 1010. The van der Waals surface area contributed by atoms with Crippen LogP contribution >= 0.6 is 0 Å². The number of ether oxygens (including phenoxy) is 4. The maximum absolute atomic E-state index is 12.0. The van der Waals surface area contributed by atoms with Gasteiger partial charge in [-0.25, -0.2) is 4.79 Å². The van der Waals surface area contributed by atoms with Crippen molar-refractivity contribution in [1.82, 2.24) is 0 Å². The molecule has 178 valence electrons. The summed E-state index contributed by atoms with van der Waals surface area (Å²) in [5.74, 6) is -1.24. The van der Waals surface area contributed by atoms with Gasteiger partial charge in [0.2, 0.25) is 0 Å². The molecule has 2 N–H and O–H groups in total. The molecule has 3 aromatic carbocycles. The Morgan fingerprint density at radius 3 is 1.44 bits per heavy atom. The molecule has 0 saturated carbocycles. The number of carbonyl (C=O) groups is 1. The predicted molar refractivity (Wildman–Crippen MR) is 124 cm³/mol. The molecule has 0 aliphatic carbocycles. The van der Waals surface area contributed by atoms with E-state index >= 15 is 0 Å². The first-order valence-electron chi connectivity index (χ1n) is 11.1. The molecule has 1 heterocycles. The van der Waals surface area contributed by atoms with Gasteiger partial charge in [0.15, 0.2) is 12.4 Å². The number of rotatable bonds is 10. The van der Waals surface area contributed by atoms with E-state index in [-0.39, 0.29) is 19.8 Å². The zero-order valence-electron chi connectivity index (χ0n) is 18.6. The fraction of sp³-hybridized carbons (Fsp3) is 0.296. The van der Waals surface area contributed by atoms with Crippen LogP contribution in [0.4, 0.5) is 0 Å². The van der Waals surface area contributed by atoms with E-state index in [4.69, 9.17) is 18.9 Å².